The van der Waals surface area contributed by atoms with E-state index in [9.17, 15) is 30.5 Å². The zero-order chi connectivity index (χ0) is 43.3. The second-order valence-corrected chi connectivity index (χ2v) is 21.3. The number of anilines is 1. The minimum Gasteiger partial charge on any atom is -0.396 e. The van der Waals surface area contributed by atoms with Gasteiger partial charge in [0.25, 0.3) is 20.2 Å². The maximum atomic E-state index is 14.6. The minimum absolute atomic E-state index is 0.252. The molecule has 1 unspecified atom stereocenters. The van der Waals surface area contributed by atoms with Crippen molar-refractivity contribution in [3.63, 3.8) is 0 Å². The molecule has 0 spiro atoms. The smallest absolute Gasteiger partial charge is 0.361 e. The van der Waals surface area contributed by atoms with Gasteiger partial charge in [-0.3, -0.25) is 13.7 Å². The third-order valence-corrected chi connectivity index (χ3v) is 14.5. The predicted octanol–water partition coefficient (Wildman–Crippen LogP) is 7.04. The normalized spacial score (nSPS) is 18.2. The molecule has 0 fully saturated rings. The summed E-state index contributed by atoms with van der Waals surface area (Å²) < 4.78 is 101. The highest BCUT2D eigenvalue weighted by Gasteiger charge is 2.45. The first-order valence-corrected chi connectivity index (χ1v) is 25.2. The summed E-state index contributed by atoms with van der Waals surface area (Å²) in [6.07, 6.45) is 12.5. The Hall–Kier alpha value is -2.72. The van der Waals surface area contributed by atoms with Crippen LogP contribution in [0.2, 0.25) is 0 Å². The van der Waals surface area contributed by atoms with Crippen molar-refractivity contribution in [1.82, 2.24) is 5.32 Å². The molecule has 0 bridgehead atoms. The number of nitrogens with one attached hydrogen (secondary N) is 1. The molecule has 2 aromatic carbocycles. The van der Waals surface area contributed by atoms with Gasteiger partial charge in [-0.25, -0.2) is 0 Å². The van der Waals surface area contributed by atoms with Gasteiger partial charge in [-0.05, 0) is 102 Å². The molecular formula is C42H65N3O10PS2+. The molecule has 4 N–H and O–H groups in total. The summed E-state index contributed by atoms with van der Waals surface area (Å²) in [4.78, 5) is 2.16. The van der Waals surface area contributed by atoms with Gasteiger partial charge in [0.15, 0.2) is 5.71 Å². The number of fused-ring (bicyclic) bond motifs is 2. The number of nitrogens with zero attached hydrogens (tertiary/aromatic N) is 2. The summed E-state index contributed by atoms with van der Waals surface area (Å²) >= 11 is 0. The van der Waals surface area contributed by atoms with Crippen LogP contribution in [0.3, 0.4) is 0 Å². The SMILES string of the molecule is [2H]OCCCCCCOP(=O)(OCCCCNC)c1ccc2c(c1)C(C)(C)C(=CC=CC1=[N+](CCCCS(=O)(=O)O)c3ccccc3C1(C)C)N2CCCCS(=O)(=O)O. The maximum absolute atomic E-state index is 14.6. The van der Waals surface area contributed by atoms with Crippen molar-refractivity contribution in [2.24, 2.45) is 0 Å². The first-order chi connectivity index (χ1) is 27.9. The van der Waals surface area contributed by atoms with E-state index in [0.29, 0.717) is 57.1 Å². The molecule has 0 aliphatic carbocycles. The Morgan fingerprint density at radius 2 is 1.48 bits per heavy atom. The van der Waals surface area contributed by atoms with E-state index in [4.69, 9.17) is 10.5 Å². The van der Waals surface area contributed by atoms with Gasteiger partial charge in [0.05, 0.1) is 35.4 Å². The second kappa shape index (κ2) is 21.2. The Bertz CT molecular complexity index is 2090. The van der Waals surface area contributed by atoms with E-state index in [2.05, 4.69) is 71.9 Å². The number of rotatable bonds is 27. The van der Waals surface area contributed by atoms with E-state index in [1.165, 1.54) is 0 Å². The molecule has 1 atom stereocenters. The Morgan fingerprint density at radius 1 is 0.828 bits per heavy atom. The summed E-state index contributed by atoms with van der Waals surface area (Å²) in [7, 11) is -10.0. The van der Waals surface area contributed by atoms with Gasteiger partial charge in [-0.1, -0.05) is 51.0 Å². The van der Waals surface area contributed by atoms with Crippen LogP contribution in [-0.2, 0) is 44.7 Å². The third-order valence-electron chi connectivity index (χ3n) is 10.9. The Balaban J connectivity index is 1.70. The van der Waals surface area contributed by atoms with Gasteiger partial charge in [-0.2, -0.15) is 21.4 Å². The van der Waals surface area contributed by atoms with Crippen molar-refractivity contribution in [3.8, 4) is 0 Å². The molecule has 0 radical (unpaired) electrons. The first-order valence-electron chi connectivity index (χ1n) is 20.8. The largest absolute Gasteiger partial charge is 0.396 e. The Morgan fingerprint density at radius 3 is 2.16 bits per heavy atom. The van der Waals surface area contributed by atoms with Crippen LogP contribution in [0.1, 0.15) is 103 Å². The summed E-state index contributed by atoms with van der Waals surface area (Å²) in [5.41, 5.74) is 5.04. The number of benzene rings is 2. The van der Waals surface area contributed by atoms with E-state index >= 15 is 0 Å². The van der Waals surface area contributed by atoms with Gasteiger partial charge >= 0.3 is 7.60 Å². The fourth-order valence-electron chi connectivity index (χ4n) is 7.81. The van der Waals surface area contributed by atoms with Gasteiger partial charge in [-0.15, -0.1) is 0 Å². The van der Waals surface area contributed by atoms with Crippen LogP contribution in [-0.4, -0.2) is 101 Å². The molecule has 2 aliphatic heterocycles. The van der Waals surface area contributed by atoms with Crippen LogP contribution in [0.25, 0.3) is 0 Å². The molecule has 58 heavy (non-hydrogen) atoms. The molecule has 16 heteroatoms. The summed E-state index contributed by atoms with van der Waals surface area (Å²) in [6, 6.07) is 13.8. The van der Waals surface area contributed by atoms with Gasteiger partial charge in [0.1, 0.15) is 6.54 Å². The van der Waals surface area contributed by atoms with Gasteiger partial charge in [0, 0.05) is 54.1 Å². The Kier molecular flexibility index (Phi) is 16.9. The number of allylic oxidation sites excluding steroid dienone is 4. The quantitative estimate of drug-likeness (QED) is 0.0312. The zero-order valence-corrected chi connectivity index (χ0v) is 37.3. The van der Waals surface area contributed by atoms with Crippen molar-refractivity contribution in [3.05, 3.63) is 77.5 Å². The molecule has 0 amide bonds. The summed E-state index contributed by atoms with van der Waals surface area (Å²) in [5.74, 6) is -0.637. The molecule has 2 heterocycles. The Labute approximate surface area is 348 Å². The predicted molar refractivity (Wildman–Crippen MR) is 232 cm³/mol. The molecule has 0 saturated heterocycles. The lowest BCUT2D eigenvalue weighted by molar-refractivity contribution is -0.438. The first kappa shape index (κ1) is 46.3. The molecule has 0 aromatic heterocycles. The second-order valence-electron chi connectivity index (χ2n) is 16.1. The third kappa shape index (κ3) is 12.9. The number of unbranched alkanes of at least 4 members (excludes halogenated alkanes) is 6. The summed E-state index contributed by atoms with van der Waals surface area (Å²) in [6.45, 7) is 11.3. The molecule has 2 aliphatic rings. The molecule has 324 valence electrons. The lowest BCUT2D eigenvalue weighted by Gasteiger charge is -2.27. The topological polar surface area (TPSA) is 183 Å². The fourth-order valence-corrected chi connectivity index (χ4v) is 10.6. The van der Waals surface area contributed by atoms with Crippen molar-refractivity contribution in [1.29, 1.82) is 1.43 Å². The highest BCUT2D eigenvalue weighted by Crippen LogP contribution is 2.52. The number of hydrogen-bond acceptors (Lipinski definition) is 10. The number of aliphatic hydroxyl groups is 1. The lowest BCUT2D eigenvalue weighted by atomic mass is 9.81. The van der Waals surface area contributed by atoms with Crippen LogP contribution in [0.4, 0.5) is 11.4 Å². The average Bonchev–Trinajstić information content (AvgIpc) is 3.51. The van der Waals surface area contributed by atoms with Crippen LogP contribution in [0, 0.1) is 0 Å². The molecule has 13 nitrogen and oxygen atoms in total. The van der Waals surface area contributed by atoms with Gasteiger partial charge in [0.2, 0.25) is 7.12 Å². The highest BCUT2D eigenvalue weighted by molar-refractivity contribution is 7.86. The average molecular weight is 868 g/mol. The molecular weight excluding hydrogens is 802 g/mol. The highest BCUT2D eigenvalue weighted by atomic mass is 32.2. The van der Waals surface area contributed by atoms with Crippen molar-refractivity contribution in [2.45, 2.75) is 103 Å². The van der Waals surface area contributed by atoms with Gasteiger partial charge < -0.3 is 24.4 Å². The number of aliphatic hydroxyl groups excluding tert-OH is 1. The number of hydrogen-bond donors (Lipinski definition) is 4. The molecule has 4 rings (SSSR count). The van der Waals surface area contributed by atoms with Crippen molar-refractivity contribution < 1.29 is 49.2 Å². The van der Waals surface area contributed by atoms with Crippen LogP contribution < -0.4 is 15.5 Å². The van der Waals surface area contributed by atoms with E-state index in [-0.39, 0.29) is 36.6 Å². The molecule has 2 aromatic rings. The van der Waals surface area contributed by atoms with E-state index in [0.717, 1.165) is 66.1 Å². The standard InChI is InChI=1S/C42H64N3O10PS2/c1-41(2)35-19-8-9-20-37(35)44(26-11-16-31-57(48,49)50)39(41)21-18-22-40-42(3,4)36-33-34(23-24-38(36)45(40)27-12-17-32-58(51,52)53)56(47,55-30-15-10-25-43-5)54-29-14-7-6-13-28-46/h8-9,18-24,33,43,46H,6-7,10-17,25-32H2,1-5H3,(H-,48,49,50,51,52,53)/p+1/i46D. The van der Waals surface area contributed by atoms with Crippen LogP contribution in [0.5, 0.6) is 0 Å². The van der Waals surface area contributed by atoms with E-state index < -0.39 is 33.2 Å². The maximum Gasteiger partial charge on any atom is 0.361 e. The zero-order valence-electron chi connectivity index (χ0n) is 35.8. The molecule has 0 saturated carbocycles. The van der Waals surface area contributed by atoms with E-state index in [1.54, 1.807) is 6.07 Å². The summed E-state index contributed by atoms with van der Waals surface area (Å²) in [5, 5.41) is 8.01. The van der Waals surface area contributed by atoms with Crippen LogP contribution in [0.15, 0.2) is 66.4 Å². The fraction of sp³-hybridized carbons (Fsp3) is 0.595. The van der Waals surface area contributed by atoms with Crippen LogP contribution >= 0.6 is 7.60 Å². The van der Waals surface area contributed by atoms with E-state index in [1.807, 2.05) is 37.4 Å². The van der Waals surface area contributed by atoms with Crippen molar-refractivity contribution >= 4 is 50.2 Å². The number of para-hydroxylation sites is 1. The minimum atomic E-state index is -4.12. The monoisotopic (exact) mass is 867 g/mol. The lowest BCUT2D eigenvalue weighted by Crippen LogP contribution is -2.28. The van der Waals surface area contributed by atoms with Crippen molar-refractivity contribution in [2.75, 3.05) is 62.9 Å².